The van der Waals surface area contributed by atoms with Crippen LogP contribution in [0.5, 0.6) is 11.5 Å². The van der Waals surface area contributed by atoms with Gasteiger partial charge in [-0.3, -0.25) is 9.59 Å². The minimum absolute atomic E-state index is 0.0658. The van der Waals surface area contributed by atoms with Crippen molar-refractivity contribution in [3.8, 4) is 11.5 Å². The summed E-state index contributed by atoms with van der Waals surface area (Å²) in [6.45, 7) is 5.05. The van der Waals surface area contributed by atoms with Crippen molar-refractivity contribution in [3.05, 3.63) is 54.1 Å². The largest absolute Gasteiger partial charge is 0.497 e. The molecule has 0 aliphatic carbocycles. The zero-order valence-corrected chi connectivity index (χ0v) is 18.0. The molecule has 0 aromatic heterocycles. The molecule has 0 radical (unpaired) electrons. The minimum Gasteiger partial charge on any atom is -0.497 e. The SMILES string of the molecule is COc1cc(OC)cc(C(=O)NC(C(=O)NCCCNc2ccccc2)C(C)C)c1. The Kier molecular flexibility index (Phi) is 9.00. The number of carbonyl (C=O) groups excluding carboxylic acids is 2. The summed E-state index contributed by atoms with van der Waals surface area (Å²) in [5.41, 5.74) is 1.42. The molecular formula is C23H31N3O4. The first kappa shape index (κ1) is 23.1. The second-order valence-electron chi connectivity index (χ2n) is 7.23. The number of para-hydroxylation sites is 1. The van der Waals surface area contributed by atoms with E-state index >= 15 is 0 Å². The number of benzene rings is 2. The summed E-state index contributed by atoms with van der Waals surface area (Å²) in [4.78, 5) is 25.4. The van der Waals surface area contributed by atoms with E-state index in [1.165, 1.54) is 14.2 Å². The van der Waals surface area contributed by atoms with Crippen LogP contribution in [0.4, 0.5) is 5.69 Å². The number of rotatable bonds is 11. The lowest BCUT2D eigenvalue weighted by atomic mass is 10.0. The summed E-state index contributed by atoms with van der Waals surface area (Å²) in [6.07, 6.45) is 0.770. The Morgan fingerprint density at radius 3 is 2.13 bits per heavy atom. The Hall–Kier alpha value is -3.22. The molecule has 30 heavy (non-hydrogen) atoms. The predicted molar refractivity (Wildman–Crippen MR) is 118 cm³/mol. The van der Waals surface area contributed by atoms with E-state index in [2.05, 4.69) is 16.0 Å². The van der Waals surface area contributed by atoms with Gasteiger partial charge in [0.2, 0.25) is 5.91 Å². The number of amides is 2. The highest BCUT2D eigenvalue weighted by Crippen LogP contribution is 2.22. The second kappa shape index (κ2) is 11.7. The maximum atomic E-state index is 12.7. The van der Waals surface area contributed by atoms with Crippen LogP contribution < -0.4 is 25.4 Å². The van der Waals surface area contributed by atoms with Crippen molar-refractivity contribution >= 4 is 17.5 Å². The molecule has 2 rings (SSSR count). The molecule has 2 aromatic carbocycles. The fourth-order valence-corrected chi connectivity index (χ4v) is 2.90. The molecule has 0 aliphatic rings. The van der Waals surface area contributed by atoms with E-state index in [4.69, 9.17) is 9.47 Å². The van der Waals surface area contributed by atoms with Gasteiger partial charge in [0.25, 0.3) is 5.91 Å². The fraction of sp³-hybridized carbons (Fsp3) is 0.391. The van der Waals surface area contributed by atoms with Crippen LogP contribution in [0.1, 0.15) is 30.6 Å². The van der Waals surface area contributed by atoms with Crippen LogP contribution in [0, 0.1) is 5.92 Å². The first-order valence-corrected chi connectivity index (χ1v) is 10.0. The smallest absolute Gasteiger partial charge is 0.252 e. The van der Waals surface area contributed by atoms with E-state index in [-0.39, 0.29) is 17.7 Å². The normalized spacial score (nSPS) is 11.5. The van der Waals surface area contributed by atoms with Crippen LogP contribution in [0.25, 0.3) is 0 Å². The standard InChI is InChI=1S/C23H31N3O4/c1-16(2)21(23(28)25-12-8-11-24-18-9-6-5-7-10-18)26-22(27)17-13-19(29-3)15-20(14-17)30-4/h5-7,9-10,13-16,21,24H,8,11-12H2,1-4H3,(H,25,28)(H,26,27). The van der Waals surface area contributed by atoms with Gasteiger partial charge in [0, 0.05) is 30.4 Å². The highest BCUT2D eigenvalue weighted by Gasteiger charge is 2.24. The summed E-state index contributed by atoms with van der Waals surface area (Å²) < 4.78 is 10.4. The summed E-state index contributed by atoms with van der Waals surface area (Å²) >= 11 is 0. The van der Waals surface area contributed by atoms with Gasteiger partial charge in [-0.2, -0.15) is 0 Å². The number of hydrogen-bond acceptors (Lipinski definition) is 5. The monoisotopic (exact) mass is 413 g/mol. The predicted octanol–water partition coefficient (Wildman–Crippen LogP) is 3.08. The molecule has 0 heterocycles. The number of methoxy groups -OCH3 is 2. The van der Waals surface area contributed by atoms with Crippen molar-refractivity contribution in [3.63, 3.8) is 0 Å². The van der Waals surface area contributed by atoms with Crippen LogP contribution in [0.2, 0.25) is 0 Å². The molecule has 2 aromatic rings. The molecule has 1 unspecified atom stereocenters. The van der Waals surface area contributed by atoms with E-state index in [9.17, 15) is 9.59 Å². The molecule has 0 saturated heterocycles. The Balaban J connectivity index is 1.88. The van der Waals surface area contributed by atoms with Gasteiger partial charge in [-0.25, -0.2) is 0 Å². The van der Waals surface area contributed by atoms with Crippen LogP contribution in [-0.4, -0.2) is 45.2 Å². The number of carbonyl (C=O) groups is 2. The second-order valence-corrected chi connectivity index (χ2v) is 7.23. The lowest BCUT2D eigenvalue weighted by Gasteiger charge is -2.22. The maximum absolute atomic E-state index is 12.7. The summed E-state index contributed by atoms with van der Waals surface area (Å²) in [5.74, 6) is 0.399. The summed E-state index contributed by atoms with van der Waals surface area (Å²) in [5, 5.41) is 9.03. The van der Waals surface area contributed by atoms with Gasteiger partial charge < -0.3 is 25.4 Å². The maximum Gasteiger partial charge on any atom is 0.252 e. The average Bonchev–Trinajstić information content (AvgIpc) is 2.76. The van der Waals surface area contributed by atoms with Crippen molar-refractivity contribution in [1.82, 2.24) is 10.6 Å². The molecular weight excluding hydrogens is 382 g/mol. The van der Waals surface area contributed by atoms with Crippen molar-refractivity contribution in [1.29, 1.82) is 0 Å². The molecule has 1 atom stereocenters. The van der Waals surface area contributed by atoms with E-state index in [0.717, 1.165) is 18.7 Å². The Morgan fingerprint density at radius 1 is 0.933 bits per heavy atom. The molecule has 0 aliphatic heterocycles. The lowest BCUT2D eigenvalue weighted by Crippen LogP contribution is -2.50. The zero-order chi connectivity index (χ0) is 21.9. The van der Waals surface area contributed by atoms with Crippen LogP contribution in [0.3, 0.4) is 0 Å². The molecule has 162 valence electrons. The molecule has 0 spiro atoms. The molecule has 3 N–H and O–H groups in total. The number of ether oxygens (including phenoxy) is 2. The summed E-state index contributed by atoms with van der Waals surface area (Å²) in [6, 6.07) is 14.2. The van der Waals surface area contributed by atoms with Crippen molar-refractivity contribution in [2.24, 2.45) is 5.92 Å². The Morgan fingerprint density at radius 2 is 1.57 bits per heavy atom. The van der Waals surface area contributed by atoms with Crippen molar-refractivity contribution in [2.75, 3.05) is 32.6 Å². The molecule has 0 bridgehead atoms. The first-order valence-electron chi connectivity index (χ1n) is 10.0. The topological polar surface area (TPSA) is 88.7 Å². The third-order valence-electron chi connectivity index (χ3n) is 4.61. The Labute approximate surface area is 178 Å². The highest BCUT2D eigenvalue weighted by molar-refractivity contribution is 5.98. The highest BCUT2D eigenvalue weighted by atomic mass is 16.5. The van der Waals surface area contributed by atoms with Crippen molar-refractivity contribution in [2.45, 2.75) is 26.3 Å². The van der Waals surface area contributed by atoms with E-state index in [0.29, 0.717) is 23.6 Å². The fourth-order valence-electron chi connectivity index (χ4n) is 2.90. The van der Waals surface area contributed by atoms with E-state index in [1.807, 2.05) is 44.2 Å². The van der Waals surface area contributed by atoms with Gasteiger partial charge in [-0.1, -0.05) is 32.0 Å². The van der Waals surface area contributed by atoms with E-state index < -0.39 is 6.04 Å². The molecule has 7 heteroatoms. The minimum atomic E-state index is -0.642. The number of nitrogens with one attached hydrogen (secondary N) is 3. The van der Waals surface area contributed by atoms with Crippen LogP contribution >= 0.6 is 0 Å². The van der Waals surface area contributed by atoms with Gasteiger partial charge in [0.1, 0.15) is 17.5 Å². The lowest BCUT2D eigenvalue weighted by molar-refractivity contribution is -0.123. The zero-order valence-electron chi connectivity index (χ0n) is 18.0. The van der Waals surface area contributed by atoms with Crippen molar-refractivity contribution < 1.29 is 19.1 Å². The van der Waals surface area contributed by atoms with Gasteiger partial charge in [-0.15, -0.1) is 0 Å². The van der Waals surface area contributed by atoms with Crippen LogP contribution in [0.15, 0.2) is 48.5 Å². The van der Waals surface area contributed by atoms with E-state index in [1.54, 1.807) is 18.2 Å². The number of hydrogen-bond donors (Lipinski definition) is 3. The number of anilines is 1. The van der Waals surface area contributed by atoms with Gasteiger partial charge in [0.05, 0.1) is 14.2 Å². The third kappa shape index (κ3) is 6.99. The Bertz CT molecular complexity index is 802. The van der Waals surface area contributed by atoms with Crippen LogP contribution in [-0.2, 0) is 4.79 Å². The van der Waals surface area contributed by atoms with Gasteiger partial charge >= 0.3 is 0 Å². The first-order chi connectivity index (χ1) is 14.4. The average molecular weight is 414 g/mol. The van der Waals surface area contributed by atoms with Gasteiger partial charge in [-0.05, 0) is 36.6 Å². The van der Waals surface area contributed by atoms with Gasteiger partial charge in [0.15, 0.2) is 0 Å². The third-order valence-corrected chi connectivity index (χ3v) is 4.61. The quantitative estimate of drug-likeness (QED) is 0.493. The summed E-state index contributed by atoms with van der Waals surface area (Å²) in [7, 11) is 3.04. The molecule has 2 amide bonds. The molecule has 0 fully saturated rings. The molecule has 7 nitrogen and oxygen atoms in total. The molecule has 0 saturated carbocycles.